The number of nitro benzene ring substituents is 1. The molecule has 0 fully saturated rings. The fourth-order valence-electron chi connectivity index (χ4n) is 1.92. The summed E-state index contributed by atoms with van der Waals surface area (Å²) in [6.07, 6.45) is 1.41. The van der Waals surface area contributed by atoms with Crippen LogP contribution >= 0.6 is 11.3 Å². The van der Waals surface area contributed by atoms with Crippen LogP contribution in [-0.2, 0) is 4.74 Å². The van der Waals surface area contributed by atoms with Crippen LogP contribution in [0.5, 0.6) is 5.75 Å². The van der Waals surface area contributed by atoms with Gasteiger partial charge >= 0.3 is 11.7 Å². The number of benzene rings is 1. The fraction of sp³-hybridized carbons (Fsp3) is 0.267. The molecule has 10 heteroatoms. The van der Waals surface area contributed by atoms with Gasteiger partial charge in [0.05, 0.1) is 30.5 Å². The SMILES string of the molecule is CCOC(=O)c1sc(N/N=C\c2ccc(OC)c([N+](=O)[O-])c2)nc1C. The summed E-state index contributed by atoms with van der Waals surface area (Å²) in [7, 11) is 1.36. The summed E-state index contributed by atoms with van der Waals surface area (Å²) in [6, 6.07) is 4.47. The van der Waals surface area contributed by atoms with E-state index in [0.29, 0.717) is 21.3 Å². The highest BCUT2D eigenvalue weighted by atomic mass is 32.1. The van der Waals surface area contributed by atoms with Gasteiger partial charge in [-0.15, -0.1) is 0 Å². The second-order valence-electron chi connectivity index (χ2n) is 4.71. The lowest BCUT2D eigenvalue weighted by molar-refractivity contribution is -0.385. The molecule has 25 heavy (non-hydrogen) atoms. The third-order valence-electron chi connectivity index (χ3n) is 3.03. The summed E-state index contributed by atoms with van der Waals surface area (Å²) in [5.41, 5.74) is 3.60. The molecule has 0 aliphatic heterocycles. The van der Waals surface area contributed by atoms with Crippen LogP contribution in [0.4, 0.5) is 10.8 Å². The van der Waals surface area contributed by atoms with E-state index < -0.39 is 10.9 Å². The van der Waals surface area contributed by atoms with Gasteiger partial charge in [-0.25, -0.2) is 9.78 Å². The molecule has 0 aliphatic carbocycles. The van der Waals surface area contributed by atoms with Crippen molar-refractivity contribution in [1.29, 1.82) is 0 Å². The van der Waals surface area contributed by atoms with E-state index in [1.54, 1.807) is 19.9 Å². The molecule has 0 aliphatic rings. The van der Waals surface area contributed by atoms with E-state index in [1.807, 2.05) is 0 Å². The molecular weight excluding hydrogens is 348 g/mol. The summed E-state index contributed by atoms with van der Waals surface area (Å²) in [6.45, 7) is 3.71. The maximum Gasteiger partial charge on any atom is 0.350 e. The Hall–Kier alpha value is -3.01. The van der Waals surface area contributed by atoms with E-state index in [-0.39, 0.29) is 18.0 Å². The zero-order valence-electron chi connectivity index (χ0n) is 13.8. The molecule has 132 valence electrons. The summed E-state index contributed by atoms with van der Waals surface area (Å²) in [4.78, 5) is 26.8. The molecule has 1 N–H and O–H groups in total. The standard InChI is InChI=1S/C15H16N4O5S/c1-4-24-14(20)13-9(2)17-15(25-13)18-16-8-10-5-6-12(23-3)11(7-10)19(21)22/h5-8H,4H2,1-3H3,(H,17,18)/b16-8-. The number of carbonyl (C=O) groups is 1. The number of nitrogens with one attached hydrogen (secondary N) is 1. The molecule has 0 unspecified atom stereocenters. The van der Waals surface area contributed by atoms with Gasteiger partial charge in [0.1, 0.15) is 4.88 Å². The molecule has 0 spiro atoms. The number of thiazole rings is 1. The summed E-state index contributed by atoms with van der Waals surface area (Å²) in [5, 5.41) is 15.4. The first-order chi connectivity index (χ1) is 12.0. The average Bonchev–Trinajstić information content (AvgIpc) is 2.95. The number of ether oxygens (including phenoxy) is 2. The Bertz CT molecular complexity index is 818. The number of hydrazone groups is 1. The highest BCUT2D eigenvalue weighted by molar-refractivity contribution is 7.17. The number of rotatable bonds is 7. The molecule has 2 rings (SSSR count). The summed E-state index contributed by atoms with van der Waals surface area (Å²) in [5.74, 6) is -0.259. The molecule has 0 saturated carbocycles. The van der Waals surface area contributed by atoms with Gasteiger partial charge in [-0.3, -0.25) is 15.5 Å². The van der Waals surface area contributed by atoms with Crippen molar-refractivity contribution in [3.63, 3.8) is 0 Å². The van der Waals surface area contributed by atoms with E-state index >= 15 is 0 Å². The Morgan fingerprint density at radius 1 is 1.52 bits per heavy atom. The van der Waals surface area contributed by atoms with Gasteiger partial charge in [-0.2, -0.15) is 5.10 Å². The number of nitro groups is 1. The Labute approximate surface area is 147 Å². The predicted octanol–water partition coefficient (Wildman–Crippen LogP) is 2.99. The molecule has 0 radical (unpaired) electrons. The van der Waals surface area contributed by atoms with Crippen molar-refractivity contribution in [3.8, 4) is 5.75 Å². The fourth-order valence-corrected chi connectivity index (χ4v) is 2.73. The number of nitrogens with zero attached hydrogens (tertiary/aromatic N) is 3. The van der Waals surface area contributed by atoms with Gasteiger partial charge in [-0.05, 0) is 26.0 Å². The number of aromatic nitrogens is 1. The van der Waals surface area contributed by atoms with E-state index in [9.17, 15) is 14.9 Å². The maximum absolute atomic E-state index is 11.7. The van der Waals surface area contributed by atoms with E-state index in [2.05, 4.69) is 15.5 Å². The average molecular weight is 364 g/mol. The molecule has 0 atom stereocenters. The Morgan fingerprint density at radius 3 is 2.92 bits per heavy atom. The molecule has 1 aromatic heterocycles. The molecule has 1 heterocycles. The van der Waals surface area contributed by atoms with Crippen LogP contribution in [-0.4, -0.2) is 35.8 Å². The topological polar surface area (TPSA) is 116 Å². The second kappa shape index (κ2) is 8.20. The molecule has 9 nitrogen and oxygen atoms in total. The first kappa shape index (κ1) is 18.3. The number of aryl methyl sites for hydroxylation is 1. The van der Waals surface area contributed by atoms with Crippen molar-refractivity contribution in [2.75, 3.05) is 19.1 Å². The number of esters is 1. The third-order valence-corrected chi connectivity index (χ3v) is 4.07. The van der Waals surface area contributed by atoms with Crippen LogP contribution < -0.4 is 10.2 Å². The monoisotopic (exact) mass is 364 g/mol. The molecule has 2 aromatic rings. The van der Waals surface area contributed by atoms with E-state index in [0.717, 1.165) is 11.3 Å². The van der Waals surface area contributed by atoms with E-state index in [4.69, 9.17) is 9.47 Å². The molecule has 0 amide bonds. The highest BCUT2D eigenvalue weighted by Gasteiger charge is 2.16. The predicted molar refractivity (Wildman–Crippen MR) is 93.7 cm³/mol. The van der Waals surface area contributed by atoms with Gasteiger partial charge in [-0.1, -0.05) is 11.3 Å². The first-order valence-corrected chi connectivity index (χ1v) is 8.04. The zero-order valence-corrected chi connectivity index (χ0v) is 14.6. The van der Waals surface area contributed by atoms with Crippen molar-refractivity contribution in [2.45, 2.75) is 13.8 Å². The zero-order chi connectivity index (χ0) is 18.4. The van der Waals surface area contributed by atoms with Crippen molar-refractivity contribution in [3.05, 3.63) is 44.4 Å². The van der Waals surface area contributed by atoms with Crippen molar-refractivity contribution in [1.82, 2.24) is 4.98 Å². The van der Waals surface area contributed by atoms with Crippen LogP contribution in [0.15, 0.2) is 23.3 Å². The van der Waals surface area contributed by atoms with Crippen molar-refractivity contribution in [2.24, 2.45) is 5.10 Å². The number of carbonyl (C=O) groups excluding carboxylic acids is 1. The van der Waals surface area contributed by atoms with Gasteiger partial charge in [0.15, 0.2) is 5.75 Å². The van der Waals surface area contributed by atoms with Crippen LogP contribution in [0.2, 0.25) is 0 Å². The van der Waals surface area contributed by atoms with Crippen LogP contribution in [0, 0.1) is 17.0 Å². The minimum Gasteiger partial charge on any atom is -0.490 e. The minimum atomic E-state index is -0.528. The quantitative estimate of drug-likeness (QED) is 0.347. The Morgan fingerprint density at radius 2 is 2.28 bits per heavy atom. The molecule has 0 bridgehead atoms. The number of hydrogen-bond acceptors (Lipinski definition) is 9. The summed E-state index contributed by atoms with van der Waals surface area (Å²) >= 11 is 1.12. The lowest BCUT2D eigenvalue weighted by Crippen LogP contribution is -2.03. The van der Waals surface area contributed by atoms with Gasteiger partial charge in [0.25, 0.3) is 0 Å². The smallest absolute Gasteiger partial charge is 0.350 e. The van der Waals surface area contributed by atoms with Crippen molar-refractivity contribution >= 4 is 34.3 Å². The number of methoxy groups -OCH3 is 1. The molecule has 0 saturated heterocycles. The number of hydrogen-bond donors (Lipinski definition) is 1. The summed E-state index contributed by atoms with van der Waals surface area (Å²) < 4.78 is 9.88. The Kier molecular flexibility index (Phi) is 6.01. The largest absolute Gasteiger partial charge is 0.490 e. The van der Waals surface area contributed by atoms with E-state index in [1.165, 1.54) is 25.5 Å². The lowest BCUT2D eigenvalue weighted by atomic mass is 10.2. The Balaban J connectivity index is 2.11. The second-order valence-corrected chi connectivity index (χ2v) is 5.71. The van der Waals surface area contributed by atoms with Crippen LogP contribution in [0.25, 0.3) is 0 Å². The van der Waals surface area contributed by atoms with Gasteiger partial charge < -0.3 is 9.47 Å². The highest BCUT2D eigenvalue weighted by Crippen LogP contribution is 2.27. The van der Waals surface area contributed by atoms with Crippen LogP contribution in [0.1, 0.15) is 27.9 Å². The van der Waals surface area contributed by atoms with Gasteiger partial charge in [0.2, 0.25) is 5.13 Å². The lowest BCUT2D eigenvalue weighted by Gasteiger charge is -2.01. The molecular formula is C15H16N4O5S. The first-order valence-electron chi connectivity index (χ1n) is 7.22. The van der Waals surface area contributed by atoms with Crippen LogP contribution in [0.3, 0.4) is 0 Å². The normalized spacial score (nSPS) is 10.7. The number of anilines is 1. The van der Waals surface area contributed by atoms with Crippen molar-refractivity contribution < 1.29 is 19.2 Å². The minimum absolute atomic E-state index is 0.152. The molecule has 1 aromatic carbocycles. The maximum atomic E-state index is 11.7. The third kappa shape index (κ3) is 4.51. The van der Waals surface area contributed by atoms with Gasteiger partial charge in [0, 0.05) is 11.6 Å².